The minimum Gasteiger partial charge on any atom is -0.444 e. The highest BCUT2D eigenvalue weighted by atomic mass is 16.6. The number of Topliss-reactive ketones (excluding diaryl/α,β-unsaturated/α-hetero) is 1. The Morgan fingerprint density at radius 2 is 1.80 bits per heavy atom. The van der Waals surface area contributed by atoms with Crippen molar-refractivity contribution in [2.75, 3.05) is 0 Å². The van der Waals surface area contributed by atoms with E-state index in [1.807, 2.05) is 0 Å². The molecule has 0 aliphatic carbocycles. The molecule has 0 aliphatic rings. The summed E-state index contributed by atoms with van der Waals surface area (Å²) in [6.07, 6.45) is -1.64. The first-order valence-electron chi connectivity index (χ1n) is 4.81. The van der Waals surface area contributed by atoms with Crippen LogP contribution in [0.5, 0.6) is 0 Å². The van der Waals surface area contributed by atoms with Crippen molar-refractivity contribution < 1.29 is 19.4 Å². The lowest BCUT2D eigenvalue weighted by atomic mass is 10.1. The molecule has 0 fully saturated rings. The third kappa shape index (κ3) is 6.06. The minimum absolute atomic E-state index is 0.309. The lowest BCUT2D eigenvalue weighted by Gasteiger charge is -2.23. The number of hydrogen-bond acceptors (Lipinski definition) is 4. The van der Waals surface area contributed by atoms with Gasteiger partial charge in [-0.25, -0.2) is 4.79 Å². The van der Waals surface area contributed by atoms with Gasteiger partial charge in [0.15, 0.2) is 5.78 Å². The highest BCUT2D eigenvalue weighted by Gasteiger charge is 2.25. The summed E-state index contributed by atoms with van der Waals surface area (Å²) in [5, 5.41) is 11.6. The zero-order chi connectivity index (χ0) is 12.2. The van der Waals surface area contributed by atoms with Crippen LogP contribution >= 0.6 is 0 Å². The fourth-order valence-electron chi connectivity index (χ4n) is 0.996. The van der Waals surface area contributed by atoms with Crippen LogP contribution in [0.15, 0.2) is 0 Å². The SMILES string of the molecule is CC(=O)[C@@H](NC(=O)OC(C)(C)C)[C@H](C)O. The number of aliphatic hydroxyl groups is 1. The van der Waals surface area contributed by atoms with Crippen molar-refractivity contribution in [1.29, 1.82) is 0 Å². The predicted octanol–water partition coefficient (Wildman–Crippen LogP) is 0.849. The van der Waals surface area contributed by atoms with Crippen LogP contribution in [0.4, 0.5) is 4.79 Å². The molecule has 5 nitrogen and oxygen atoms in total. The van der Waals surface area contributed by atoms with Gasteiger partial charge in [0, 0.05) is 0 Å². The second kappa shape index (κ2) is 5.11. The first-order chi connectivity index (χ1) is 6.63. The van der Waals surface area contributed by atoms with Crippen molar-refractivity contribution in [3.8, 4) is 0 Å². The maximum atomic E-state index is 11.3. The Morgan fingerprint density at radius 1 is 1.33 bits per heavy atom. The molecule has 5 heteroatoms. The van der Waals surface area contributed by atoms with Gasteiger partial charge in [-0.1, -0.05) is 0 Å². The van der Waals surface area contributed by atoms with E-state index < -0.39 is 23.8 Å². The summed E-state index contributed by atoms with van der Waals surface area (Å²) in [4.78, 5) is 22.3. The summed E-state index contributed by atoms with van der Waals surface area (Å²) >= 11 is 0. The van der Waals surface area contributed by atoms with E-state index in [0.29, 0.717) is 0 Å². The quantitative estimate of drug-likeness (QED) is 0.734. The van der Waals surface area contributed by atoms with Crippen LogP contribution in [-0.4, -0.2) is 34.7 Å². The van der Waals surface area contributed by atoms with Gasteiger partial charge in [-0.05, 0) is 34.6 Å². The molecule has 0 heterocycles. The lowest BCUT2D eigenvalue weighted by Crippen LogP contribution is -2.48. The topological polar surface area (TPSA) is 75.6 Å². The molecule has 0 aromatic rings. The van der Waals surface area contributed by atoms with Crippen LogP contribution in [0.1, 0.15) is 34.6 Å². The number of hydrogen-bond donors (Lipinski definition) is 2. The molecule has 0 saturated heterocycles. The summed E-state index contributed by atoms with van der Waals surface area (Å²) in [5.41, 5.74) is -0.621. The van der Waals surface area contributed by atoms with Gasteiger partial charge in [-0.15, -0.1) is 0 Å². The number of carbonyl (C=O) groups excluding carboxylic acids is 2. The van der Waals surface area contributed by atoms with Crippen molar-refractivity contribution in [2.45, 2.75) is 52.4 Å². The molecule has 0 aliphatic heterocycles. The Morgan fingerprint density at radius 3 is 2.07 bits per heavy atom. The fraction of sp³-hybridized carbons (Fsp3) is 0.800. The van der Waals surface area contributed by atoms with Crippen LogP contribution in [-0.2, 0) is 9.53 Å². The second-order valence-electron chi connectivity index (χ2n) is 4.48. The lowest BCUT2D eigenvalue weighted by molar-refractivity contribution is -0.121. The summed E-state index contributed by atoms with van der Waals surface area (Å²) in [6, 6.07) is -0.917. The van der Waals surface area contributed by atoms with Crippen molar-refractivity contribution >= 4 is 11.9 Å². The van der Waals surface area contributed by atoms with Crippen molar-refractivity contribution in [1.82, 2.24) is 5.32 Å². The number of carbonyl (C=O) groups is 2. The van der Waals surface area contributed by atoms with Gasteiger partial charge in [-0.2, -0.15) is 0 Å². The maximum absolute atomic E-state index is 11.3. The third-order valence-electron chi connectivity index (χ3n) is 1.59. The van der Waals surface area contributed by atoms with E-state index in [2.05, 4.69) is 5.32 Å². The van der Waals surface area contributed by atoms with Crippen LogP contribution in [0.2, 0.25) is 0 Å². The zero-order valence-electron chi connectivity index (χ0n) is 9.83. The van der Waals surface area contributed by atoms with E-state index in [1.54, 1.807) is 20.8 Å². The van der Waals surface area contributed by atoms with Crippen molar-refractivity contribution in [3.63, 3.8) is 0 Å². The summed E-state index contributed by atoms with van der Waals surface area (Å²) in [6.45, 7) is 7.89. The molecule has 1 amide bonds. The predicted molar refractivity (Wildman–Crippen MR) is 55.5 cm³/mol. The Kier molecular flexibility index (Phi) is 4.74. The number of rotatable bonds is 3. The van der Waals surface area contributed by atoms with Crippen LogP contribution in [0, 0.1) is 0 Å². The van der Waals surface area contributed by atoms with Crippen molar-refractivity contribution in [3.05, 3.63) is 0 Å². The molecule has 0 saturated carbocycles. The Labute approximate surface area is 89.8 Å². The van der Waals surface area contributed by atoms with Gasteiger partial charge in [-0.3, -0.25) is 4.79 Å². The first-order valence-corrected chi connectivity index (χ1v) is 4.81. The average Bonchev–Trinajstić information content (AvgIpc) is 1.95. The van der Waals surface area contributed by atoms with Crippen molar-refractivity contribution in [2.24, 2.45) is 0 Å². The van der Waals surface area contributed by atoms with Crippen LogP contribution in [0.3, 0.4) is 0 Å². The molecule has 2 atom stereocenters. The van der Waals surface area contributed by atoms with E-state index in [4.69, 9.17) is 4.74 Å². The van der Waals surface area contributed by atoms with Gasteiger partial charge in [0.25, 0.3) is 0 Å². The van der Waals surface area contributed by atoms with Gasteiger partial charge in [0.05, 0.1) is 6.10 Å². The summed E-state index contributed by atoms with van der Waals surface area (Å²) in [5.74, 6) is -0.309. The highest BCUT2D eigenvalue weighted by molar-refractivity contribution is 5.86. The largest absolute Gasteiger partial charge is 0.444 e. The molecule has 0 radical (unpaired) electrons. The number of alkyl carbamates (subject to hydrolysis) is 1. The number of nitrogens with one attached hydrogen (secondary N) is 1. The first kappa shape index (κ1) is 13.9. The normalized spacial score (nSPS) is 15.3. The maximum Gasteiger partial charge on any atom is 0.408 e. The van der Waals surface area contributed by atoms with E-state index in [0.717, 1.165) is 0 Å². The number of ether oxygens (including phenoxy) is 1. The smallest absolute Gasteiger partial charge is 0.408 e. The average molecular weight is 217 g/mol. The Balaban J connectivity index is 4.31. The van der Waals surface area contributed by atoms with Crippen LogP contribution < -0.4 is 5.32 Å². The molecule has 88 valence electrons. The molecule has 15 heavy (non-hydrogen) atoms. The zero-order valence-corrected chi connectivity index (χ0v) is 9.83. The molecule has 0 bridgehead atoms. The van der Waals surface area contributed by atoms with E-state index in [1.165, 1.54) is 13.8 Å². The third-order valence-corrected chi connectivity index (χ3v) is 1.59. The van der Waals surface area contributed by atoms with Crippen LogP contribution in [0.25, 0.3) is 0 Å². The van der Waals surface area contributed by atoms with E-state index in [9.17, 15) is 14.7 Å². The van der Waals surface area contributed by atoms with Gasteiger partial charge < -0.3 is 15.2 Å². The monoisotopic (exact) mass is 217 g/mol. The summed E-state index contributed by atoms with van der Waals surface area (Å²) in [7, 11) is 0. The fourth-order valence-corrected chi connectivity index (χ4v) is 0.996. The van der Waals surface area contributed by atoms with Gasteiger partial charge >= 0.3 is 6.09 Å². The number of ketones is 1. The highest BCUT2D eigenvalue weighted by Crippen LogP contribution is 2.07. The minimum atomic E-state index is -0.935. The number of amides is 1. The molecule has 0 unspecified atom stereocenters. The second-order valence-corrected chi connectivity index (χ2v) is 4.48. The molecule has 0 aromatic carbocycles. The molecule has 2 N–H and O–H groups in total. The molecular formula is C10H19NO4. The standard InChI is InChI=1S/C10H19NO4/c1-6(12)8(7(2)13)11-9(14)15-10(3,4)5/h6,8,12H,1-5H3,(H,11,14)/t6-,8-/m0/s1. The Hall–Kier alpha value is -1.10. The van der Waals surface area contributed by atoms with E-state index >= 15 is 0 Å². The van der Waals surface area contributed by atoms with Gasteiger partial charge in [0.1, 0.15) is 11.6 Å². The number of aliphatic hydroxyl groups excluding tert-OH is 1. The molecular weight excluding hydrogens is 198 g/mol. The van der Waals surface area contributed by atoms with E-state index in [-0.39, 0.29) is 5.78 Å². The Bertz CT molecular complexity index is 242. The molecule has 0 aromatic heterocycles. The molecule has 0 spiro atoms. The molecule has 0 rings (SSSR count). The summed E-state index contributed by atoms with van der Waals surface area (Å²) < 4.78 is 4.96. The van der Waals surface area contributed by atoms with Gasteiger partial charge in [0.2, 0.25) is 0 Å².